The molecule has 0 bridgehead atoms. The summed E-state index contributed by atoms with van der Waals surface area (Å²) in [4.78, 5) is 21.8. The van der Waals surface area contributed by atoms with Gasteiger partial charge in [0.05, 0.1) is 7.11 Å². The van der Waals surface area contributed by atoms with E-state index >= 15 is 0 Å². The summed E-state index contributed by atoms with van der Waals surface area (Å²) in [5.74, 6) is -0.501. The molecule has 16 heavy (non-hydrogen) atoms. The summed E-state index contributed by atoms with van der Waals surface area (Å²) in [6.07, 6.45) is 0. The molecule has 0 unspecified atom stereocenters. The molecule has 0 amide bonds. The molecule has 0 aliphatic heterocycles. The van der Waals surface area contributed by atoms with Crippen molar-refractivity contribution in [1.82, 2.24) is 0 Å². The van der Waals surface area contributed by atoms with Crippen molar-refractivity contribution in [3.8, 4) is 5.75 Å². The molecule has 1 aromatic rings. The van der Waals surface area contributed by atoms with Crippen LogP contribution in [0.15, 0.2) is 24.3 Å². The van der Waals surface area contributed by atoms with Crippen molar-refractivity contribution < 1.29 is 19.1 Å². The lowest BCUT2D eigenvalue weighted by molar-refractivity contribution is -0.142. The molecule has 0 heterocycles. The number of carbonyl (C=O) groups is 2. The van der Waals surface area contributed by atoms with Gasteiger partial charge in [-0.05, 0) is 17.7 Å². The molecule has 0 aliphatic carbocycles. The third-order valence-electron chi connectivity index (χ3n) is 1.96. The minimum atomic E-state index is -0.823. The zero-order valence-electron chi connectivity index (χ0n) is 9.10. The van der Waals surface area contributed by atoms with E-state index < -0.39 is 18.0 Å². The lowest BCUT2D eigenvalue weighted by Gasteiger charge is -2.09. The lowest BCUT2D eigenvalue weighted by atomic mass is 10.1. The highest BCUT2D eigenvalue weighted by Gasteiger charge is 2.15. The Balaban J connectivity index is 2.78. The molecule has 0 radical (unpaired) electrons. The number of nitrogens with two attached hydrogens (primary N) is 1. The van der Waals surface area contributed by atoms with Crippen LogP contribution in [0.2, 0.25) is 0 Å². The molecule has 1 aromatic carbocycles. The normalized spacial score (nSPS) is 11.7. The summed E-state index contributed by atoms with van der Waals surface area (Å²) in [7, 11) is 1.27. The smallest absolute Gasteiger partial charge is 0.327 e. The SMILES string of the molecule is COC(=O)[C@@H](N)c1ccc(OC(C)=O)cc1. The van der Waals surface area contributed by atoms with Gasteiger partial charge in [-0.2, -0.15) is 0 Å². The van der Waals surface area contributed by atoms with E-state index in [0.717, 1.165) is 0 Å². The second-order valence-electron chi connectivity index (χ2n) is 3.16. The molecule has 0 aromatic heterocycles. The van der Waals surface area contributed by atoms with E-state index in [1.807, 2.05) is 0 Å². The van der Waals surface area contributed by atoms with E-state index in [1.165, 1.54) is 14.0 Å². The fraction of sp³-hybridized carbons (Fsp3) is 0.273. The molecule has 0 saturated heterocycles. The number of rotatable bonds is 3. The lowest BCUT2D eigenvalue weighted by Crippen LogP contribution is -2.22. The Morgan fingerprint density at radius 2 is 1.81 bits per heavy atom. The molecule has 1 rings (SSSR count). The average Bonchev–Trinajstić information content (AvgIpc) is 2.27. The number of hydrogen-bond acceptors (Lipinski definition) is 5. The minimum Gasteiger partial charge on any atom is -0.468 e. The maximum absolute atomic E-state index is 11.1. The maximum Gasteiger partial charge on any atom is 0.327 e. The molecule has 5 nitrogen and oxygen atoms in total. The fourth-order valence-corrected chi connectivity index (χ4v) is 1.17. The van der Waals surface area contributed by atoms with Crippen LogP contribution >= 0.6 is 0 Å². The van der Waals surface area contributed by atoms with Crippen molar-refractivity contribution in [2.24, 2.45) is 5.73 Å². The molecule has 1 atom stereocenters. The Kier molecular flexibility index (Phi) is 4.02. The van der Waals surface area contributed by atoms with Gasteiger partial charge in [-0.1, -0.05) is 12.1 Å². The molecule has 2 N–H and O–H groups in total. The van der Waals surface area contributed by atoms with Gasteiger partial charge in [-0.3, -0.25) is 9.59 Å². The summed E-state index contributed by atoms with van der Waals surface area (Å²) in [5, 5.41) is 0. The van der Waals surface area contributed by atoms with Gasteiger partial charge < -0.3 is 15.2 Å². The number of methoxy groups -OCH3 is 1. The van der Waals surface area contributed by atoms with Gasteiger partial charge in [-0.15, -0.1) is 0 Å². The molecular weight excluding hydrogens is 210 g/mol. The predicted octanol–water partition coefficient (Wildman–Crippen LogP) is 0.785. The molecule has 86 valence electrons. The van der Waals surface area contributed by atoms with Crippen LogP contribution in [0.4, 0.5) is 0 Å². The van der Waals surface area contributed by atoms with Crippen LogP contribution in [0.3, 0.4) is 0 Å². The Hall–Kier alpha value is -1.88. The van der Waals surface area contributed by atoms with Crippen LogP contribution in [0.25, 0.3) is 0 Å². The van der Waals surface area contributed by atoms with Crippen LogP contribution in [0, 0.1) is 0 Å². The zero-order chi connectivity index (χ0) is 12.1. The van der Waals surface area contributed by atoms with E-state index in [4.69, 9.17) is 10.5 Å². The van der Waals surface area contributed by atoms with Gasteiger partial charge >= 0.3 is 11.9 Å². The van der Waals surface area contributed by atoms with Crippen LogP contribution in [0.5, 0.6) is 5.75 Å². The first kappa shape index (κ1) is 12.2. The number of esters is 2. The van der Waals surface area contributed by atoms with Gasteiger partial charge in [0.25, 0.3) is 0 Å². The summed E-state index contributed by atoms with van der Waals surface area (Å²) >= 11 is 0. The van der Waals surface area contributed by atoms with Crippen molar-refractivity contribution in [3.63, 3.8) is 0 Å². The summed E-state index contributed by atoms with van der Waals surface area (Å²) in [6.45, 7) is 1.31. The van der Waals surface area contributed by atoms with Gasteiger partial charge in [-0.25, -0.2) is 0 Å². The Morgan fingerprint density at radius 1 is 1.25 bits per heavy atom. The van der Waals surface area contributed by atoms with E-state index in [9.17, 15) is 9.59 Å². The van der Waals surface area contributed by atoms with E-state index in [2.05, 4.69) is 4.74 Å². The number of hydrogen-bond donors (Lipinski definition) is 1. The molecular formula is C11H13NO4. The number of benzene rings is 1. The van der Waals surface area contributed by atoms with Crippen LogP contribution in [0.1, 0.15) is 18.5 Å². The quantitative estimate of drug-likeness (QED) is 0.605. The fourth-order valence-electron chi connectivity index (χ4n) is 1.17. The highest BCUT2D eigenvalue weighted by atomic mass is 16.5. The van der Waals surface area contributed by atoms with Crippen molar-refractivity contribution in [1.29, 1.82) is 0 Å². The van der Waals surface area contributed by atoms with Gasteiger partial charge in [0, 0.05) is 6.92 Å². The average molecular weight is 223 g/mol. The molecule has 0 fully saturated rings. The Bertz CT molecular complexity index is 385. The maximum atomic E-state index is 11.1. The first-order chi connectivity index (χ1) is 7.54. The summed E-state index contributed by atoms with van der Waals surface area (Å²) in [5.41, 5.74) is 6.22. The van der Waals surface area contributed by atoms with E-state index in [1.54, 1.807) is 24.3 Å². The van der Waals surface area contributed by atoms with Crippen LogP contribution in [-0.4, -0.2) is 19.0 Å². The van der Waals surface area contributed by atoms with Gasteiger partial charge in [0.2, 0.25) is 0 Å². The minimum absolute atomic E-state index is 0.398. The van der Waals surface area contributed by atoms with Crippen molar-refractivity contribution in [2.75, 3.05) is 7.11 Å². The Labute approximate surface area is 93.1 Å². The third-order valence-corrected chi connectivity index (χ3v) is 1.96. The highest BCUT2D eigenvalue weighted by Crippen LogP contribution is 2.17. The number of carbonyl (C=O) groups excluding carboxylic acids is 2. The van der Waals surface area contributed by atoms with Gasteiger partial charge in [0.15, 0.2) is 0 Å². The monoisotopic (exact) mass is 223 g/mol. The highest BCUT2D eigenvalue weighted by molar-refractivity contribution is 5.77. The first-order valence-corrected chi connectivity index (χ1v) is 4.66. The Morgan fingerprint density at radius 3 is 2.25 bits per heavy atom. The second-order valence-corrected chi connectivity index (χ2v) is 3.16. The van der Waals surface area contributed by atoms with Gasteiger partial charge in [0.1, 0.15) is 11.8 Å². The standard InChI is InChI=1S/C11H13NO4/c1-7(13)16-9-5-3-8(4-6-9)10(12)11(14)15-2/h3-6,10H,12H2,1-2H3/t10-/m0/s1. The molecule has 0 aliphatic rings. The van der Waals surface area contributed by atoms with Crippen LogP contribution in [-0.2, 0) is 14.3 Å². The zero-order valence-corrected chi connectivity index (χ0v) is 9.10. The second kappa shape index (κ2) is 5.27. The first-order valence-electron chi connectivity index (χ1n) is 4.66. The third kappa shape index (κ3) is 3.06. The van der Waals surface area contributed by atoms with E-state index in [0.29, 0.717) is 11.3 Å². The van der Waals surface area contributed by atoms with Crippen molar-refractivity contribution in [3.05, 3.63) is 29.8 Å². The summed E-state index contributed by atoms with van der Waals surface area (Å²) in [6, 6.07) is 5.54. The number of ether oxygens (including phenoxy) is 2. The predicted molar refractivity (Wildman–Crippen MR) is 56.7 cm³/mol. The largest absolute Gasteiger partial charge is 0.468 e. The topological polar surface area (TPSA) is 78.6 Å². The van der Waals surface area contributed by atoms with E-state index in [-0.39, 0.29) is 0 Å². The molecule has 0 saturated carbocycles. The van der Waals surface area contributed by atoms with Crippen molar-refractivity contribution in [2.45, 2.75) is 13.0 Å². The van der Waals surface area contributed by atoms with Crippen LogP contribution < -0.4 is 10.5 Å². The van der Waals surface area contributed by atoms with Crippen molar-refractivity contribution >= 4 is 11.9 Å². The molecule has 0 spiro atoms. The summed E-state index contributed by atoms with van der Waals surface area (Å²) < 4.78 is 9.35. The molecule has 5 heteroatoms.